The minimum atomic E-state index is 0.0220. The minimum absolute atomic E-state index is 0.0220. The molecule has 39 heavy (non-hydrogen) atoms. The van der Waals surface area contributed by atoms with E-state index in [1.165, 1.54) is 20.9 Å². The van der Waals surface area contributed by atoms with Crippen molar-refractivity contribution in [3.63, 3.8) is 0 Å². The number of hydrogen-bond donors (Lipinski definition) is 2. The van der Waals surface area contributed by atoms with E-state index in [0.717, 1.165) is 40.4 Å². The molecule has 0 unspecified atom stereocenters. The molecule has 0 radical (unpaired) electrons. The molecule has 0 bridgehead atoms. The van der Waals surface area contributed by atoms with Crippen molar-refractivity contribution < 1.29 is 9.59 Å². The Morgan fingerprint density at radius 3 is 1.26 bits per heavy atom. The number of nitrogens with one attached hydrogen (secondary N) is 2. The Morgan fingerprint density at radius 1 is 0.538 bits per heavy atom. The lowest BCUT2D eigenvalue weighted by Gasteiger charge is -2.09. The van der Waals surface area contributed by atoms with Crippen LogP contribution in [0.2, 0.25) is 0 Å². The molecule has 6 heteroatoms. The van der Waals surface area contributed by atoms with E-state index in [9.17, 15) is 9.59 Å². The fraction of sp³-hybridized carbons (Fsp3) is 0.212. The quantitative estimate of drug-likeness (QED) is 0.174. The second-order valence-electron chi connectivity index (χ2n) is 9.49. The van der Waals surface area contributed by atoms with Gasteiger partial charge in [0.05, 0.1) is 0 Å². The van der Waals surface area contributed by atoms with Crippen molar-refractivity contribution in [2.45, 2.75) is 42.9 Å². The lowest BCUT2D eigenvalue weighted by molar-refractivity contribution is -0.116. The highest BCUT2D eigenvalue weighted by molar-refractivity contribution is 7.99. The Hall–Kier alpha value is -3.48. The number of rotatable bonds is 12. The van der Waals surface area contributed by atoms with Crippen LogP contribution in [0.15, 0.2) is 107 Å². The summed E-state index contributed by atoms with van der Waals surface area (Å²) in [7, 11) is 0. The predicted octanol–water partition coefficient (Wildman–Crippen LogP) is 8.14. The maximum absolute atomic E-state index is 12.3. The van der Waals surface area contributed by atoms with E-state index in [4.69, 9.17) is 0 Å². The first-order valence-electron chi connectivity index (χ1n) is 13.1. The Balaban J connectivity index is 1.16. The topological polar surface area (TPSA) is 58.2 Å². The first kappa shape index (κ1) is 28.5. The van der Waals surface area contributed by atoms with Gasteiger partial charge in [-0.05, 0) is 79.9 Å². The van der Waals surface area contributed by atoms with Crippen LogP contribution >= 0.6 is 23.5 Å². The highest BCUT2D eigenvalue weighted by Crippen LogP contribution is 2.21. The molecule has 200 valence electrons. The van der Waals surface area contributed by atoms with Crippen LogP contribution in [-0.4, -0.2) is 23.3 Å². The number of carbonyl (C=O) groups excluding carboxylic acids is 2. The molecule has 0 aromatic heterocycles. The number of carbonyl (C=O) groups is 2. The Kier molecular flexibility index (Phi) is 10.7. The molecule has 0 aliphatic carbocycles. The third-order valence-corrected chi connectivity index (χ3v) is 8.15. The molecular weight excluding hydrogens is 521 g/mol. The maximum atomic E-state index is 12.3. The third-order valence-electron chi connectivity index (χ3n) is 6.12. The summed E-state index contributed by atoms with van der Waals surface area (Å²) in [6.07, 6.45) is 1.71. The monoisotopic (exact) mass is 554 g/mol. The average Bonchev–Trinajstić information content (AvgIpc) is 2.93. The van der Waals surface area contributed by atoms with Crippen LogP contribution in [0.1, 0.15) is 35.1 Å². The van der Waals surface area contributed by atoms with Gasteiger partial charge in [-0.15, -0.1) is 23.5 Å². The van der Waals surface area contributed by atoms with Crippen molar-refractivity contribution in [3.8, 4) is 0 Å². The molecule has 4 aromatic carbocycles. The standard InChI is InChI=1S/C33H34N2O2S2/c1-24-3-15-30(16-4-24)38-21-19-32(36)34-28-11-7-26(8-12-28)23-27-9-13-29(14-10-27)35-33(37)20-22-39-31-17-5-25(2)6-18-31/h3-18H,19-23H2,1-2H3,(H,34,36)(H,35,37). The van der Waals surface area contributed by atoms with Crippen molar-refractivity contribution in [2.75, 3.05) is 22.1 Å². The summed E-state index contributed by atoms with van der Waals surface area (Å²) in [5.74, 6) is 1.54. The zero-order valence-corrected chi connectivity index (χ0v) is 24.0. The first-order chi connectivity index (χ1) is 18.9. The van der Waals surface area contributed by atoms with Gasteiger partial charge in [0.2, 0.25) is 11.8 Å². The molecule has 0 atom stereocenters. The van der Waals surface area contributed by atoms with Crippen molar-refractivity contribution in [1.29, 1.82) is 0 Å². The van der Waals surface area contributed by atoms with E-state index in [-0.39, 0.29) is 11.8 Å². The van der Waals surface area contributed by atoms with Crippen LogP contribution in [0, 0.1) is 13.8 Å². The number of amides is 2. The van der Waals surface area contributed by atoms with E-state index in [1.54, 1.807) is 23.5 Å². The fourth-order valence-corrected chi connectivity index (χ4v) is 5.59. The molecule has 4 nitrogen and oxygen atoms in total. The van der Waals surface area contributed by atoms with Crippen molar-refractivity contribution >= 4 is 46.7 Å². The Labute approximate surface area is 240 Å². The Morgan fingerprint density at radius 2 is 0.897 bits per heavy atom. The van der Waals surface area contributed by atoms with Crippen molar-refractivity contribution in [1.82, 2.24) is 0 Å². The number of benzene rings is 4. The lowest BCUT2D eigenvalue weighted by atomic mass is 10.0. The molecule has 0 saturated carbocycles. The Bertz CT molecular complexity index is 1240. The normalized spacial score (nSPS) is 10.7. The molecule has 0 fully saturated rings. The molecule has 2 N–H and O–H groups in total. The van der Waals surface area contributed by atoms with Gasteiger partial charge in [0, 0.05) is 45.5 Å². The van der Waals surface area contributed by atoms with E-state index in [2.05, 4.69) is 73.0 Å². The number of anilines is 2. The molecule has 0 spiro atoms. The van der Waals surface area contributed by atoms with Gasteiger partial charge in [0.15, 0.2) is 0 Å². The summed E-state index contributed by atoms with van der Waals surface area (Å²) in [5.41, 5.74) is 6.41. The molecule has 0 aliphatic rings. The highest BCUT2D eigenvalue weighted by atomic mass is 32.2. The summed E-state index contributed by atoms with van der Waals surface area (Å²) >= 11 is 3.39. The summed E-state index contributed by atoms with van der Waals surface area (Å²) in [6.45, 7) is 4.14. The fourth-order valence-electron chi connectivity index (χ4n) is 3.89. The number of aryl methyl sites for hydroxylation is 2. The van der Waals surface area contributed by atoms with Gasteiger partial charge in [-0.25, -0.2) is 0 Å². The maximum Gasteiger partial charge on any atom is 0.225 e. The van der Waals surface area contributed by atoms with Gasteiger partial charge in [0.25, 0.3) is 0 Å². The predicted molar refractivity (Wildman–Crippen MR) is 166 cm³/mol. The van der Waals surface area contributed by atoms with Crippen molar-refractivity contribution in [2.24, 2.45) is 0 Å². The van der Waals surface area contributed by atoms with Crippen LogP contribution < -0.4 is 10.6 Å². The van der Waals surface area contributed by atoms with E-state index < -0.39 is 0 Å². The molecule has 4 rings (SSSR count). The van der Waals surface area contributed by atoms with E-state index in [1.807, 2.05) is 48.5 Å². The second kappa shape index (κ2) is 14.6. The van der Waals surface area contributed by atoms with Crippen LogP contribution in [-0.2, 0) is 16.0 Å². The number of hydrogen-bond acceptors (Lipinski definition) is 4. The smallest absolute Gasteiger partial charge is 0.225 e. The third kappa shape index (κ3) is 9.97. The molecule has 0 saturated heterocycles. The van der Waals surface area contributed by atoms with Crippen LogP contribution in [0.5, 0.6) is 0 Å². The van der Waals surface area contributed by atoms with Gasteiger partial charge in [-0.2, -0.15) is 0 Å². The van der Waals surface area contributed by atoms with E-state index >= 15 is 0 Å². The van der Waals surface area contributed by atoms with Crippen LogP contribution in [0.3, 0.4) is 0 Å². The molecule has 2 amide bonds. The molecular formula is C33H34N2O2S2. The van der Waals surface area contributed by atoms with Gasteiger partial charge in [0.1, 0.15) is 0 Å². The summed E-state index contributed by atoms with van der Waals surface area (Å²) in [4.78, 5) is 27.0. The lowest BCUT2D eigenvalue weighted by Crippen LogP contribution is -2.12. The minimum Gasteiger partial charge on any atom is -0.326 e. The van der Waals surface area contributed by atoms with Gasteiger partial charge >= 0.3 is 0 Å². The van der Waals surface area contributed by atoms with Gasteiger partial charge in [-0.1, -0.05) is 59.7 Å². The first-order valence-corrected chi connectivity index (χ1v) is 15.1. The van der Waals surface area contributed by atoms with Gasteiger partial charge in [-0.3, -0.25) is 9.59 Å². The zero-order valence-electron chi connectivity index (χ0n) is 22.4. The second-order valence-corrected chi connectivity index (χ2v) is 11.8. The molecule has 0 aliphatic heterocycles. The van der Waals surface area contributed by atoms with E-state index in [0.29, 0.717) is 12.8 Å². The summed E-state index contributed by atoms with van der Waals surface area (Å²) < 4.78 is 0. The van der Waals surface area contributed by atoms with Crippen molar-refractivity contribution in [3.05, 3.63) is 119 Å². The highest BCUT2D eigenvalue weighted by Gasteiger charge is 2.06. The largest absolute Gasteiger partial charge is 0.326 e. The van der Waals surface area contributed by atoms with Crippen LogP contribution in [0.25, 0.3) is 0 Å². The summed E-state index contributed by atoms with van der Waals surface area (Å²) in [5, 5.41) is 5.97. The molecule has 4 aromatic rings. The molecule has 0 heterocycles. The van der Waals surface area contributed by atoms with Gasteiger partial charge < -0.3 is 10.6 Å². The SMILES string of the molecule is Cc1ccc(SCCC(=O)Nc2ccc(Cc3ccc(NC(=O)CCSc4ccc(C)cc4)cc3)cc2)cc1. The summed E-state index contributed by atoms with van der Waals surface area (Å²) in [6, 6.07) is 32.7. The van der Waals surface area contributed by atoms with Crippen LogP contribution in [0.4, 0.5) is 11.4 Å². The number of thioether (sulfide) groups is 2. The average molecular weight is 555 g/mol. The zero-order chi connectivity index (χ0) is 27.5.